The fraction of sp³-hybridized carbons (Fsp3) is 0.818. The first kappa shape index (κ1) is 12.0. The second-order valence-electron chi connectivity index (χ2n) is 3.85. The number of methoxy groups -OCH3 is 1. The van der Waals surface area contributed by atoms with Gasteiger partial charge in [-0.15, -0.1) is 0 Å². The van der Waals surface area contributed by atoms with Crippen LogP contribution >= 0.6 is 0 Å². The van der Waals surface area contributed by atoms with Crippen molar-refractivity contribution < 1.29 is 14.3 Å². The summed E-state index contributed by atoms with van der Waals surface area (Å²) in [5, 5.41) is 0. The van der Waals surface area contributed by atoms with E-state index in [1.807, 2.05) is 13.8 Å². The van der Waals surface area contributed by atoms with E-state index in [0.717, 1.165) is 12.8 Å². The quantitative estimate of drug-likeness (QED) is 0.662. The zero-order chi connectivity index (χ0) is 11.4. The van der Waals surface area contributed by atoms with Gasteiger partial charge < -0.3 is 9.64 Å². The SMILES string of the molecule is CCC(CC)N1C(=O)CCC1C(=O)OC. The number of amides is 1. The molecule has 1 amide bonds. The van der Waals surface area contributed by atoms with E-state index in [2.05, 4.69) is 0 Å². The van der Waals surface area contributed by atoms with Crippen LogP contribution in [-0.2, 0) is 14.3 Å². The molecule has 1 rings (SSSR count). The Hall–Kier alpha value is -1.06. The van der Waals surface area contributed by atoms with Crippen molar-refractivity contribution in [1.82, 2.24) is 4.90 Å². The molecule has 0 bridgehead atoms. The van der Waals surface area contributed by atoms with Crippen molar-refractivity contribution in [3.63, 3.8) is 0 Å². The van der Waals surface area contributed by atoms with Crippen LogP contribution in [0.4, 0.5) is 0 Å². The average molecular weight is 213 g/mol. The van der Waals surface area contributed by atoms with Crippen molar-refractivity contribution >= 4 is 11.9 Å². The fourth-order valence-electron chi connectivity index (χ4n) is 2.21. The van der Waals surface area contributed by atoms with E-state index in [1.165, 1.54) is 7.11 Å². The Balaban J connectivity index is 2.80. The molecule has 0 saturated carbocycles. The highest BCUT2D eigenvalue weighted by atomic mass is 16.5. The van der Waals surface area contributed by atoms with E-state index in [0.29, 0.717) is 12.8 Å². The van der Waals surface area contributed by atoms with Crippen LogP contribution in [0.25, 0.3) is 0 Å². The van der Waals surface area contributed by atoms with E-state index in [1.54, 1.807) is 4.90 Å². The fourth-order valence-corrected chi connectivity index (χ4v) is 2.21. The van der Waals surface area contributed by atoms with Crippen molar-refractivity contribution in [3.05, 3.63) is 0 Å². The Labute approximate surface area is 90.6 Å². The number of rotatable bonds is 4. The largest absolute Gasteiger partial charge is 0.467 e. The second kappa shape index (κ2) is 5.14. The van der Waals surface area contributed by atoms with Gasteiger partial charge in [-0.3, -0.25) is 4.79 Å². The van der Waals surface area contributed by atoms with E-state index in [4.69, 9.17) is 4.74 Å². The van der Waals surface area contributed by atoms with Gasteiger partial charge in [0, 0.05) is 12.5 Å². The van der Waals surface area contributed by atoms with Crippen LogP contribution in [0.3, 0.4) is 0 Å². The molecule has 1 heterocycles. The molecule has 1 fully saturated rings. The number of hydrogen-bond donors (Lipinski definition) is 0. The van der Waals surface area contributed by atoms with Crippen LogP contribution < -0.4 is 0 Å². The van der Waals surface area contributed by atoms with Crippen molar-refractivity contribution in [3.8, 4) is 0 Å². The normalized spacial score (nSPS) is 21.2. The molecule has 0 aromatic rings. The summed E-state index contributed by atoms with van der Waals surface area (Å²) >= 11 is 0. The van der Waals surface area contributed by atoms with Crippen molar-refractivity contribution in [1.29, 1.82) is 0 Å². The molecule has 0 aliphatic carbocycles. The monoisotopic (exact) mass is 213 g/mol. The van der Waals surface area contributed by atoms with Gasteiger partial charge in [-0.1, -0.05) is 13.8 Å². The molecule has 0 aromatic carbocycles. The van der Waals surface area contributed by atoms with E-state index >= 15 is 0 Å². The van der Waals surface area contributed by atoms with Crippen LogP contribution in [0.15, 0.2) is 0 Å². The lowest BCUT2D eigenvalue weighted by atomic mass is 10.1. The molecular formula is C11H19NO3. The third kappa shape index (κ3) is 2.30. The Bertz CT molecular complexity index is 248. The molecular weight excluding hydrogens is 194 g/mol. The average Bonchev–Trinajstić information content (AvgIpc) is 2.62. The smallest absolute Gasteiger partial charge is 0.328 e. The third-order valence-corrected chi connectivity index (χ3v) is 3.06. The predicted molar refractivity (Wildman–Crippen MR) is 56.3 cm³/mol. The van der Waals surface area contributed by atoms with Gasteiger partial charge in [0.1, 0.15) is 6.04 Å². The van der Waals surface area contributed by atoms with Gasteiger partial charge in [-0.25, -0.2) is 4.79 Å². The highest BCUT2D eigenvalue weighted by Crippen LogP contribution is 2.25. The standard InChI is InChI=1S/C11H19NO3/c1-4-8(5-2)12-9(11(14)15-3)6-7-10(12)13/h8-9H,4-7H2,1-3H3. The van der Waals surface area contributed by atoms with Gasteiger partial charge in [-0.2, -0.15) is 0 Å². The minimum Gasteiger partial charge on any atom is -0.467 e. The highest BCUT2D eigenvalue weighted by Gasteiger charge is 2.39. The molecule has 0 spiro atoms. The highest BCUT2D eigenvalue weighted by molar-refractivity contribution is 5.88. The minimum absolute atomic E-state index is 0.0825. The van der Waals surface area contributed by atoms with E-state index < -0.39 is 0 Å². The lowest BCUT2D eigenvalue weighted by Crippen LogP contribution is -2.45. The Morgan fingerprint density at radius 1 is 1.53 bits per heavy atom. The van der Waals surface area contributed by atoms with E-state index in [-0.39, 0.29) is 24.0 Å². The van der Waals surface area contributed by atoms with Crippen LogP contribution in [0.5, 0.6) is 0 Å². The van der Waals surface area contributed by atoms with Crippen LogP contribution in [0.1, 0.15) is 39.5 Å². The van der Waals surface area contributed by atoms with Crippen molar-refractivity contribution in [2.45, 2.75) is 51.6 Å². The summed E-state index contributed by atoms with van der Waals surface area (Å²) in [6.07, 6.45) is 2.84. The number of ether oxygens (including phenoxy) is 1. The molecule has 1 aliphatic rings. The number of carbonyl (C=O) groups is 2. The first-order valence-electron chi connectivity index (χ1n) is 5.54. The van der Waals surface area contributed by atoms with Crippen LogP contribution in [0.2, 0.25) is 0 Å². The predicted octanol–water partition coefficient (Wildman–Crippen LogP) is 1.34. The van der Waals surface area contributed by atoms with Crippen LogP contribution in [0, 0.1) is 0 Å². The summed E-state index contributed by atoms with van der Waals surface area (Å²) in [5.74, 6) is -0.202. The van der Waals surface area contributed by atoms with Gasteiger partial charge >= 0.3 is 5.97 Å². The summed E-state index contributed by atoms with van der Waals surface area (Å²) in [6, 6.07) is -0.184. The molecule has 15 heavy (non-hydrogen) atoms. The van der Waals surface area contributed by atoms with E-state index in [9.17, 15) is 9.59 Å². The number of esters is 1. The zero-order valence-corrected chi connectivity index (χ0v) is 9.66. The first-order chi connectivity index (χ1) is 7.15. The first-order valence-corrected chi connectivity index (χ1v) is 5.54. The Morgan fingerprint density at radius 3 is 2.60 bits per heavy atom. The maximum atomic E-state index is 11.7. The molecule has 1 atom stereocenters. The van der Waals surface area contributed by atoms with Crippen molar-refractivity contribution in [2.75, 3.05) is 7.11 Å². The lowest BCUT2D eigenvalue weighted by Gasteiger charge is -2.30. The molecule has 1 unspecified atom stereocenters. The number of likely N-dealkylation sites (tertiary alicyclic amines) is 1. The summed E-state index contributed by atoms with van der Waals surface area (Å²) in [7, 11) is 1.37. The zero-order valence-electron chi connectivity index (χ0n) is 9.66. The maximum Gasteiger partial charge on any atom is 0.328 e. The second-order valence-corrected chi connectivity index (χ2v) is 3.85. The summed E-state index contributed by atoms with van der Waals surface area (Å²) in [5.41, 5.74) is 0. The van der Waals surface area contributed by atoms with Gasteiger partial charge in [-0.05, 0) is 19.3 Å². The van der Waals surface area contributed by atoms with Crippen molar-refractivity contribution in [2.24, 2.45) is 0 Å². The maximum absolute atomic E-state index is 11.7. The summed E-state index contributed by atoms with van der Waals surface area (Å²) in [6.45, 7) is 4.07. The molecule has 4 heteroatoms. The molecule has 0 radical (unpaired) electrons. The number of carbonyl (C=O) groups excluding carboxylic acids is 2. The molecule has 1 aliphatic heterocycles. The van der Waals surface area contributed by atoms with Gasteiger partial charge in [0.05, 0.1) is 7.11 Å². The van der Waals surface area contributed by atoms with Gasteiger partial charge in [0.25, 0.3) is 0 Å². The molecule has 0 N–H and O–H groups in total. The van der Waals surface area contributed by atoms with Gasteiger partial charge in [0.2, 0.25) is 5.91 Å². The molecule has 0 aromatic heterocycles. The summed E-state index contributed by atoms with van der Waals surface area (Å²) < 4.78 is 4.72. The molecule has 4 nitrogen and oxygen atoms in total. The summed E-state index contributed by atoms with van der Waals surface area (Å²) in [4.78, 5) is 24.9. The Morgan fingerprint density at radius 2 is 2.13 bits per heavy atom. The third-order valence-electron chi connectivity index (χ3n) is 3.06. The minimum atomic E-state index is -0.354. The lowest BCUT2D eigenvalue weighted by molar-refractivity contribution is -0.150. The Kier molecular flexibility index (Phi) is 4.12. The van der Waals surface area contributed by atoms with Crippen LogP contribution in [-0.4, -0.2) is 36.0 Å². The number of nitrogens with zero attached hydrogens (tertiary/aromatic N) is 1. The topological polar surface area (TPSA) is 46.6 Å². The van der Waals surface area contributed by atoms with Gasteiger partial charge in [0.15, 0.2) is 0 Å². The number of hydrogen-bond acceptors (Lipinski definition) is 3. The molecule has 1 saturated heterocycles. The molecule has 86 valence electrons.